The van der Waals surface area contributed by atoms with Crippen LogP contribution in [0, 0.1) is 5.82 Å². The predicted molar refractivity (Wildman–Crippen MR) is 74.8 cm³/mol. The first-order valence-corrected chi connectivity index (χ1v) is 6.85. The van der Waals surface area contributed by atoms with Crippen LogP contribution in [0.1, 0.15) is 24.0 Å². The minimum Gasteiger partial charge on any atom is -0.489 e. The average molecular weight is 272 g/mol. The molecule has 0 saturated heterocycles. The van der Waals surface area contributed by atoms with Gasteiger partial charge in [0.1, 0.15) is 18.2 Å². The number of rotatable bonds is 6. The van der Waals surface area contributed by atoms with E-state index in [4.69, 9.17) is 4.74 Å². The number of aromatic nitrogens is 1. The molecule has 1 aliphatic rings. The Morgan fingerprint density at radius 2 is 2.20 bits per heavy atom. The van der Waals surface area contributed by atoms with Gasteiger partial charge in [0.15, 0.2) is 0 Å². The fraction of sp³-hybridized carbons (Fsp3) is 0.312. The topological polar surface area (TPSA) is 34.1 Å². The lowest BCUT2D eigenvalue weighted by Crippen LogP contribution is -2.16. The van der Waals surface area contributed by atoms with E-state index in [1.165, 1.54) is 25.0 Å². The highest BCUT2D eigenvalue weighted by Crippen LogP contribution is 2.24. The third kappa shape index (κ3) is 3.54. The Hall–Kier alpha value is -1.94. The van der Waals surface area contributed by atoms with Crippen LogP contribution in [0.25, 0.3) is 0 Å². The van der Waals surface area contributed by atoms with Gasteiger partial charge in [0, 0.05) is 36.1 Å². The van der Waals surface area contributed by atoms with Gasteiger partial charge < -0.3 is 10.1 Å². The zero-order valence-electron chi connectivity index (χ0n) is 11.2. The summed E-state index contributed by atoms with van der Waals surface area (Å²) >= 11 is 0. The zero-order valence-corrected chi connectivity index (χ0v) is 11.2. The first-order chi connectivity index (χ1) is 9.81. The van der Waals surface area contributed by atoms with E-state index in [2.05, 4.69) is 10.3 Å². The molecule has 1 aliphatic carbocycles. The van der Waals surface area contributed by atoms with Gasteiger partial charge in [-0.15, -0.1) is 0 Å². The second-order valence-corrected chi connectivity index (χ2v) is 5.06. The molecule has 0 atom stereocenters. The summed E-state index contributed by atoms with van der Waals surface area (Å²) in [5.41, 5.74) is 1.86. The van der Waals surface area contributed by atoms with Crippen molar-refractivity contribution >= 4 is 0 Å². The molecular weight excluding hydrogens is 255 g/mol. The van der Waals surface area contributed by atoms with Crippen LogP contribution < -0.4 is 10.1 Å². The molecule has 1 fully saturated rings. The zero-order chi connectivity index (χ0) is 13.8. The van der Waals surface area contributed by atoms with Crippen molar-refractivity contribution < 1.29 is 9.13 Å². The van der Waals surface area contributed by atoms with E-state index in [9.17, 15) is 4.39 Å². The molecule has 0 bridgehead atoms. The minimum absolute atomic E-state index is 0.230. The first-order valence-electron chi connectivity index (χ1n) is 6.85. The fourth-order valence-corrected chi connectivity index (χ4v) is 2.01. The highest BCUT2D eigenvalue weighted by molar-refractivity contribution is 5.34. The summed E-state index contributed by atoms with van der Waals surface area (Å²) in [5.74, 6) is 0.495. The average Bonchev–Trinajstić information content (AvgIpc) is 3.29. The normalized spacial score (nSPS) is 14.2. The number of pyridine rings is 1. The third-order valence-electron chi connectivity index (χ3n) is 3.30. The van der Waals surface area contributed by atoms with Crippen molar-refractivity contribution in [2.75, 3.05) is 0 Å². The van der Waals surface area contributed by atoms with E-state index in [0.29, 0.717) is 19.2 Å². The largest absolute Gasteiger partial charge is 0.489 e. The summed E-state index contributed by atoms with van der Waals surface area (Å²) in [6.07, 6.45) is 5.92. The first kappa shape index (κ1) is 13.1. The lowest BCUT2D eigenvalue weighted by molar-refractivity contribution is 0.301. The molecular formula is C16H17FN2O. The fourth-order valence-electron chi connectivity index (χ4n) is 2.01. The van der Waals surface area contributed by atoms with Crippen molar-refractivity contribution in [2.45, 2.75) is 32.0 Å². The van der Waals surface area contributed by atoms with Crippen LogP contribution >= 0.6 is 0 Å². The molecule has 0 amide bonds. The lowest BCUT2D eigenvalue weighted by atomic mass is 10.2. The van der Waals surface area contributed by atoms with Crippen molar-refractivity contribution in [1.29, 1.82) is 0 Å². The number of ether oxygens (including phenoxy) is 1. The molecule has 4 heteroatoms. The molecule has 2 aromatic rings. The number of hydrogen-bond donors (Lipinski definition) is 1. The monoisotopic (exact) mass is 272 g/mol. The Bertz CT molecular complexity index is 570. The Kier molecular flexibility index (Phi) is 3.92. The Morgan fingerprint density at radius 1 is 1.30 bits per heavy atom. The van der Waals surface area contributed by atoms with Crippen molar-refractivity contribution in [3.05, 3.63) is 59.7 Å². The molecule has 3 rings (SSSR count). The van der Waals surface area contributed by atoms with Crippen molar-refractivity contribution in [2.24, 2.45) is 0 Å². The van der Waals surface area contributed by atoms with Gasteiger partial charge >= 0.3 is 0 Å². The molecule has 1 N–H and O–H groups in total. The van der Waals surface area contributed by atoms with Crippen molar-refractivity contribution in [3.63, 3.8) is 0 Å². The molecule has 0 radical (unpaired) electrons. The number of benzene rings is 1. The minimum atomic E-state index is -0.230. The van der Waals surface area contributed by atoms with Gasteiger partial charge in [0.25, 0.3) is 0 Å². The maximum Gasteiger partial charge on any atom is 0.124 e. The maximum absolute atomic E-state index is 13.4. The Labute approximate surface area is 117 Å². The summed E-state index contributed by atoms with van der Waals surface area (Å²) in [5, 5.41) is 3.38. The van der Waals surface area contributed by atoms with Crippen LogP contribution in [0.5, 0.6) is 5.75 Å². The van der Waals surface area contributed by atoms with Gasteiger partial charge in [0.2, 0.25) is 0 Å². The number of nitrogens with one attached hydrogen (secondary N) is 1. The van der Waals surface area contributed by atoms with E-state index < -0.39 is 0 Å². The van der Waals surface area contributed by atoms with Gasteiger partial charge in [0.05, 0.1) is 0 Å². The van der Waals surface area contributed by atoms with E-state index >= 15 is 0 Å². The Morgan fingerprint density at radius 3 is 2.95 bits per heavy atom. The summed E-state index contributed by atoms with van der Waals surface area (Å²) in [4.78, 5) is 4.05. The molecule has 104 valence electrons. The summed E-state index contributed by atoms with van der Waals surface area (Å²) in [6.45, 7) is 1.08. The number of halogens is 1. The SMILES string of the molecule is Fc1ccc(OCc2cccnc2)c(CNC2CC2)c1. The lowest BCUT2D eigenvalue weighted by Gasteiger charge is -2.12. The van der Waals surface area contributed by atoms with E-state index in [1.54, 1.807) is 18.5 Å². The van der Waals surface area contributed by atoms with Crippen molar-refractivity contribution in [1.82, 2.24) is 10.3 Å². The molecule has 1 heterocycles. The highest BCUT2D eigenvalue weighted by atomic mass is 19.1. The van der Waals surface area contributed by atoms with Crippen LogP contribution in [0.4, 0.5) is 4.39 Å². The van der Waals surface area contributed by atoms with E-state index in [-0.39, 0.29) is 5.82 Å². The second kappa shape index (κ2) is 6.01. The molecule has 1 aromatic heterocycles. The van der Waals surface area contributed by atoms with Gasteiger partial charge in [-0.05, 0) is 37.1 Å². The summed E-state index contributed by atoms with van der Waals surface area (Å²) in [7, 11) is 0. The van der Waals surface area contributed by atoms with Gasteiger partial charge in [-0.2, -0.15) is 0 Å². The molecule has 1 aromatic carbocycles. The smallest absolute Gasteiger partial charge is 0.124 e. The molecule has 0 aliphatic heterocycles. The van der Waals surface area contributed by atoms with E-state index in [1.807, 2.05) is 12.1 Å². The standard InChI is InChI=1S/C16H17FN2O/c17-14-3-6-16(13(8-14)10-19-15-4-5-15)20-11-12-2-1-7-18-9-12/h1-3,6-9,15,19H,4-5,10-11H2. The van der Waals surface area contributed by atoms with Crippen LogP contribution in [-0.4, -0.2) is 11.0 Å². The van der Waals surface area contributed by atoms with Crippen LogP contribution in [0.15, 0.2) is 42.7 Å². The number of hydrogen-bond acceptors (Lipinski definition) is 3. The molecule has 0 spiro atoms. The van der Waals surface area contributed by atoms with E-state index in [0.717, 1.165) is 16.9 Å². The summed E-state index contributed by atoms with van der Waals surface area (Å²) in [6, 6.07) is 9.07. The molecule has 20 heavy (non-hydrogen) atoms. The van der Waals surface area contributed by atoms with Crippen LogP contribution in [-0.2, 0) is 13.2 Å². The highest BCUT2D eigenvalue weighted by Gasteiger charge is 2.20. The molecule has 1 saturated carbocycles. The summed E-state index contributed by atoms with van der Waals surface area (Å²) < 4.78 is 19.1. The van der Waals surface area contributed by atoms with Crippen molar-refractivity contribution in [3.8, 4) is 5.75 Å². The predicted octanol–water partition coefficient (Wildman–Crippen LogP) is 3.05. The van der Waals surface area contributed by atoms with Gasteiger partial charge in [-0.3, -0.25) is 4.98 Å². The number of nitrogens with zero attached hydrogens (tertiary/aromatic N) is 1. The maximum atomic E-state index is 13.4. The quantitative estimate of drug-likeness (QED) is 0.877. The second-order valence-electron chi connectivity index (χ2n) is 5.06. The third-order valence-corrected chi connectivity index (χ3v) is 3.30. The van der Waals surface area contributed by atoms with Crippen LogP contribution in [0.2, 0.25) is 0 Å². The van der Waals surface area contributed by atoms with Crippen LogP contribution in [0.3, 0.4) is 0 Å². The van der Waals surface area contributed by atoms with Gasteiger partial charge in [-0.25, -0.2) is 4.39 Å². The van der Waals surface area contributed by atoms with Gasteiger partial charge in [-0.1, -0.05) is 6.07 Å². The Balaban J connectivity index is 1.67. The molecule has 0 unspecified atom stereocenters. The molecule has 3 nitrogen and oxygen atoms in total.